The molecule has 212 valence electrons. The van der Waals surface area contributed by atoms with Gasteiger partial charge in [0.25, 0.3) is 5.91 Å². The Morgan fingerprint density at radius 1 is 1.13 bits per heavy atom. The summed E-state index contributed by atoms with van der Waals surface area (Å²) in [6, 6.07) is 3.12. The average molecular weight is 536 g/mol. The van der Waals surface area contributed by atoms with Crippen molar-refractivity contribution < 1.29 is 38.5 Å². The standard InChI is InChI=1S/C27H41N3O8/c1-6-10-30(38-12-7-2)24(32)16-29-15-20(19-13-22(35-5)26-23(14-19)36-17-37-26)25(27(33)34)21(29)9-11-28(8-3)18(4)31/h13-14,20-21,25H,6-12,15-17H2,1-5H3,(H,33,34). The molecule has 11 nitrogen and oxygen atoms in total. The molecule has 1 fully saturated rings. The van der Waals surface area contributed by atoms with Crippen LogP contribution in [-0.2, 0) is 19.2 Å². The second-order valence-electron chi connectivity index (χ2n) is 9.64. The Bertz CT molecular complexity index is 987. The number of ether oxygens (including phenoxy) is 3. The Morgan fingerprint density at radius 2 is 1.89 bits per heavy atom. The summed E-state index contributed by atoms with van der Waals surface area (Å²) < 4.78 is 16.6. The fraction of sp³-hybridized carbons (Fsp3) is 0.667. The zero-order valence-electron chi connectivity index (χ0n) is 23.1. The van der Waals surface area contributed by atoms with Crippen molar-refractivity contribution in [3.8, 4) is 17.2 Å². The highest BCUT2D eigenvalue weighted by atomic mass is 16.7. The molecule has 1 N–H and O–H groups in total. The SMILES string of the molecule is CCCON(CCC)C(=O)CN1CC(c2cc(OC)c3c(c2)OCO3)C(C(=O)O)C1CCN(CC)C(C)=O. The summed E-state index contributed by atoms with van der Waals surface area (Å²) in [4.78, 5) is 47.4. The minimum Gasteiger partial charge on any atom is -0.493 e. The van der Waals surface area contributed by atoms with Crippen LogP contribution in [0.4, 0.5) is 0 Å². The van der Waals surface area contributed by atoms with Gasteiger partial charge in [0.1, 0.15) is 0 Å². The number of carbonyl (C=O) groups is 3. The van der Waals surface area contributed by atoms with Crippen LogP contribution in [0.15, 0.2) is 12.1 Å². The lowest BCUT2D eigenvalue weighted by atomic mass is 9.84. The largest absolute Gasteiger partial charge is 0.493 e. The minimum absolute atomic E-state index is 0.0164. The number of benzene rings is 1. The molecule has 0 spiro atoms. The summed E-state index contributed by atoms with van der Waals surface area (Å²) in [6.07, 6.45) is 1.92. The van der Waals surface area contributed by atoms with Gasteiger partial charge in [-0.1, -0.05) is 13.8 Å². The van der Waals surface area contributed by atoms with Crippen molar-refractivity contribution in [3.05, 3.63) is 17.7 Å². The first-order valence-electron chi connectivity index (χ1n) is 13.4. The van der Waals surface area contributed by atoms with Crippen molar-refractivity contribution >= 4 is 17.8 Å². The van der Waals surface area contributed by atoms with E-state index in [1.165, 1.54) is 19.1 Å². The summed E-state index contributed by atoms with van der Waals surface area (Å²) in [5.74, 6) is -1.01. The maximum atomic E-state index is 13.3. The van der Waals surface area contributed by atoms with Gasteiger partial charge >= 0.3 is 5.97 Å². The molecule has 1 saturated heterocycles. The number of carbonyl (C=O) groups excluding carboxylic acids is 2. The molecule has 0 bridgehead atoms. The highest BCUT2D eigenvalue weighted by molar-refractivity contribution is 5.78. The summed E-state index contributed by atoms with van der Waals surface area (Å²) in [6.45, 7) is 9.56. The van der Waals surface area contributed by atoms with E-state index in [1.54, 1.807) is 17.0 Å². The van der Waals surface area contributed by atoms with Crippen LogP contribution in [0.5, 0.6) is 17.2 Å². The molecule has 0 radical (unpaired) electrons. The molecule has 3 rings (SSSR count). The molecule has 38 heavy (non-hydrogen) atoms. The number of methoxy groups -OCH3 is 1. The Morgan fingerprint density at radius 3 is 2.50 bits per heavy atom. The van der Waals surface area contributed by atoms with E-state index in [9.17, 15) is 19.5 Å². The van der Waals surface area contributed by atoms with E-state index in [0.29, 0.717) is 56.5 Å². The number of aliphatic carboxylic acids is 1. The molecule has 1 aromatic carbocycles. The second-order valence-corrected chi connectivity index (χ2v) is 9.64. The van der Waals surface area contributed by atoms with Crippen molar-refractivity contribution in [2.45, 2.75) is 58.9 Å². The number of likely N-dealkylation sites (tertiary alicyclic amines) is 1. The molecule has 3 atom stereocenters. The van der Waals surface area contributed by atoms with E-state index in [2.05, 4.69) is 0 Å². The Hall–Kier alpha value is -3.05. The van der Waals surface area contributed by atoms with Gasteiger partial charge in [0.05, 0.1) is 26.2 Å². The maximum Gasteiger partial charge on any atom is 0.308 e. The summed E-state index contributed by atoms with van der Waals surface area (Å²) in [5, 5.41) is 11.8. The Kier molecular flexibility index (Phi) is 10.6. The molecule has 2 aliphatic heterocycles. The third kappa shape index (κ3) is 6.68. The highest BCUT2D eigenvalue weighted by Crippen LogP contribution is 2.47. The third-order valence-electron chi connectivity index (χ3n) is 7.16. The molecule has 0 aliphatic carbocycles. The predicted octanol–water partition coefficient (Wildman–Crippen LogP) is 2.73. The fourth-order valence-corrected chi connectivity index (χ4v) is 5.30. The zero-order valence-corrected chi connectivity index (χ0v) is 23.1. The smallest absolute Gasteiger partial charge is 0.308 e. The number of rotatable bonds is 14. The van der Waals surface area contributed by atoms with Gasteiger partial charge in [0.2, 0.25) is 18.4 Å². The fourth-order valence-electron chi connectivity index (χ4n) is 5.30. The van der Waals surface area contributed by atoms with E-state index in [1.807, 2.05) is 25.7 Å². The molecule has 0 aromatic heterocycles. The van der Waals surface area contributed by atoms with Crippen molar-refractivity contribution in [1.82, 2.24) is 14.9 Å². The third-order valence-corrected chi connectivity index (χ3v) is 7.16. The Labute approximate surface area is 224 Å². The molecule has 11 heteroatoms. The molecule has 1 aromatic rings. The summed E-state index contributed by atoms with van der Waals surface area (Å²) in [7, 11) is 1.53. The van der Waals surface area contributed by atoms with Gasteiger partial charge in [-0.2, -0.15) is 0 Å². The first kappa shape index (κ1) is 29.5. The molecule has 2 aliphatic rings. The van der Waals surface area contributed by atoms with Crippen LogP contribution >= 0.6 is 0 Å². The number of carboxylic acids is 1. The van der Waals surface area contributed by atoms with Crippen LogP contribution in [0.3, 0.4) is 0 Å². The van der Waals surface area contributed by atoms with Gasteiger partial charge in [0.15, 0.2) is 11.5 Å². The van der Waals surface area contributed by atoms with Gasteiger partial charge in [-0.05, 0) is 43.9 Å². The minimum atomic E-state index is -0.954. The van der Waals surface area contributed by atoms with Gasteiger partial charge in [-0.3, -0.25) is 24.1 Å². The first-order chi connectivity index (χ1) is 18.2. The lowest BCUT2D eigenvalue weighted by molar-refractivity contribution is -0.188. The van der Waals surface area contributed by atoms with Crippen molar-refractivity contribution in [2.24, 2.45) is 5.92 Å². The molecular formula is C27H41N3O8. The van der Waals surface area contributed by atoms with Crippen LogP contribution in [0, 0.1) is 5.92 Å². The number of carboxylic acid groups (broad SMARTS) is 1. The lowest BCUT2D eigenvalue weighted by Gasteiger charge is -2.30. The van der Waals surface area contributed by atoms with Crippen LogP contribution in [0.25, 0.3) is 0 Å². The number of hydrogen-bond donors (Lipinski definition) is 1. The van der Waals surface area contributed by atoms with Crippen molar-refractivity contribution in [2.75, 3.05) is 53.2 Å². The topological polar surface area (TPSA) is 118 Å². The molecule has 0 saturated carbocycles. The molecule has 2 heterocycles. The van der Waals surface area contributed by atoms with E-state index in [-0.39, 0.29) is 25.2 Å². The van der Waals surface area contributed by atoms with E-state index in [4.69, 9.17) is 19.0 Å². The van der Waals surface area contributed by atoms with Gasteiger partial charge in [-0.15, -0.1) is 0 Å². The maximum absolute atomic E-state index is 13.3. The lowest BCUT2D eigenvalue weighted by Crippen LogP contribution is -2.45. The summed E-state index contributed by atoms with van der Waals surface area (Å²) in [5.41, 5.74) is 0.741. The average Bonchev–Trinajstić information content (AvgIpc) is 3.51. The number of hydrogen-bond acceptors (Lipinski definition) is 8. The van der Waals surface area contributed by atoms with Gasteiger partial charge in [-0.25, -0.2) is 5.06 Å². The van der Waals surface area contributed by atoms with E-state index < -0.39 is 23.8 Å². The molecular weight excluding hydrogens is 494 g/mol. The van der Waals surface area contributed by atoms with Crippen LogP contribution in [0.1, 0.15) is 58.4 Å². The number of amides is 2. The number of fused-ring (bicyclic) bond motifs is 1. The first-order valence-corrected chi connectivity index (χ1v) is 13.4. The summed E-state index contributed by atoms with van der Waals surface area (Å²) >= 11 is 0. The highest BCUT2D eigenvalue weighted by Gasteiger charge is 2.47. The van der Waals surface area contributed by atoms with Crippen LogP contribution in [0.2, 0.25) is 0 Å². The van der Waals surface area contributed by atoms with Gasteiger partial charge < -0.3 is 24.2 Å². The number of nitrogens with zero attached hydrogens (tertiary/aromatic N) is 3. The Balaban J connectivity index is 1.94. The quantitative estimate of drug-likeness (QED) is 0.359. The van der Waals surface area contributed by atoms with Crippen LogP contribution in [-0.4, -0.2) is 97.0 Å². The van der Waals surface area contributed by atoms with E-state index >= 15 is 0 Å². The zero-order chi connectivity index (χ0) is 27.8. The van der Waals surface area contributed by atoms with Gasteiger partial charge in [0, 0.05) is 45.1 Å². The normalized spacial score (nSPS) is 20.4. The number of hydroxylamine groups is 2. The molecule has 2 amide bonds. The predicted molar refractivity (Wildman–Crippen MR) is 139 cm³/mol. The molecule has 3 unspecified atom stereocenters. The monoisotopic (exact) mass is 535 g/mol. The van der Waals surface area contributed by atoms with Crippen molar-refractivity contribution in [1.29, 1.82) is 0 Å². The second kappa shape index (κ2) is 13.7. The van der Waals surface area contributed by atoms with Crippen molar-refractivity contribution in [3.63, 3.8) is 0 Å². The van der Waals surface area contributed by atoms with E-state index in [0.717, 1.165) is 18.4 Å². The van der Waals surface area contributed by atoms with Crippen LogP contribution < -0.4 is 14.2 Å².